The molecule has 2 N–H and O–H groups in total. The van der Waals surface area contributed by atoms with E-state index in [4.69, 9.17) is 14.6 Å². The van der Waals surface area contributed by atoms with Gasteiger partial charge in [0.2, 0.25) is 5.91 Å². The first-order valence-corrected chi connectivity index (χ1v) is 11.0. The number of ketones is 1. The van der Waals surface area contributed by atoms with Crippen LogP contribution in [-0.2, 0) is 25.5 Å². The highest BCUT2D eigenvalue weighted by Crippen LogP contribution is 2.37. The van der Waals surface area contributed by atoms with Crippen molar-refractivity contribution in [3.63, 3.8) is 0 Å². The zero-order valence-corrected chi connectivity index (χ0v) is 18.8. The van der Waals surface area contributed by atoms with Gasteiger partial charge in [0, 0.05) is 13.0 Å². The molecule has 0 unspecified atom stereocenters. The minimum Gasteiger partial charge on any atom is -0.447 e. The van der Waals surface area contributed by atoms with Gasteiger partial charge in [-0.2, -0.15) is 0 Å². The molecule has 2 heterocycles. The van der Waals surface area contributed by atoms with E-state index in [1.165, 1.54) is 13.0 Å². The van der Waals surface area contributed by atoms with Crippen LogP contribution in [0.3, 0.4) is 0 Å². The zero-order chi connectivity index (χ0) is 22.6. The van der Waals surface area contributed by atoms with Crippen LogP contribution in [-0.4, -0.2) is 64.0 Å². The molecule has 9 heteroatoms. The van der Waals surface area contributed by atoms with E-state index in [9.17, 15) is 19.5 Å². The van der Waals surface area contributed by atoms with Crippen LogP contribution in [0.5, 0.6) is 0 Å². The Kier molecular flexibility index (Phi) is 7.64. The number of nitrogens with zero attached hydrogens (tertiary/aromatic N) is 1. The van der Waals surface area contributed by atoms with Crippen molar-refractivity contribution in [3.8, 4) is 0 Å². The molecule has 1 saturated heterocycles. The molecule has 2 amide bonds. The second kappa shape index (κ2) is 10.0. The van der Waals surface area contributed by atoms with Gasteiger partial charge in [-0.1, -0.05) is 37.3 Å². The molecule has 1 aromatic carbocycles. The van der Waals surface area contributed by atoms with Crippen molar-refractivity contribution in [2.45, 2.75) is 50.5 Å². The smallest absolute Gasteiger partial charge is 0.416 e. The van der Waals surface area contributed by atoms with Crippen molar-refractivity contribution in [2.24, 2.45) is 5.92 Å². The largest absolute Gasteiger partial charge is 0.447 e. The molecule has 31 heavy (non-hydrogen) atoms. The van der Waals surface area contributed by atoms with E-state index >= 15 is 0 Å². The summed E-state index contributed by atoms with van der Waals surface area (Å²) in [6, 6.07) is 8.93. The molecule has 4 atom stereocenters. The first-order valence-electron chi connectivity index (χ1n) is 10.2. The van der Waals surface area contributed by atoms with E-state index < -0.39 is 41.6 Å². The Morgan fingerprint density at radius 3 is 2.68 bits per heavy atom. The minimum absolute atomic E-state index is 0.0332. The van der Waals surface area contributed by atoms with Gasteiger partial charge in [0.05, 0.1) is 16.4 Å². The Labute approximate surface area is 188 Å². The van der Waals surface area contributed by atoms with Gasteiger partial charge < -0.3 is 19.7 Å². The lowest BCUT2D eigenvalue weighted by atomic mass is 9.93. The average molecular weight is 496 g/mol. The molecule has 2 aliphatic rings. The summed E-state index contributed by atoms with van der Waals surface area (Å²) in [5, 5.41) is 19.8. The molecular formula is C22H26BrNO7. The van der Waals surface area contributed by atoms with Crippen LogP contribution in [0.1, 0.15) is 31.7 Å². The highest BCUT2D eigenvalue weighted by Gasteiger charge is 2.48. The van der Waals surface area contributed by atoms with Gasteiger partial charge in [0.1, 0.15) is 12.7 Å². The van der Waals surface area contributed by atoms with Crippen LogP contribution in [0, 0.1) is 5.92 Å². The predicted molar refractivity (Wildman–Crippen MR) is 114 cm³/mol. The molecular weight excluding hydrogens is 470 g/mol. The van der Waals surface area contributed by atoms with Gasteiger partial charge in [0.25, 0.3) is 0 Å². The highest BCUT2D eigenvalue weighted by atomic mass is 79.9. The molecule has 0 radical (unpaired) electrons. The summed E-state index contributed by atoms with van der Waals surface area (Å²) in [7, 11) is 0. The lowest BCUT2D eigenvalue weighted by Gasteiger charge is -2.37. The molecule has 2 aliphatic heterocycles. The maximum Gasteiger partial charge on any atom is 0.416 e. The van der Waals surface area contributed by atoms with E-state index in [2.05, 4.69) is 15.9 Å². The number of rotatable bonds is 8. The Hall–Kier alpha value is -2.07. The molecule has 0 bridgehead atoms. The quantitative estimate of drug-likeness (QED) is 0.531. The lowest BCUT2D eigenvalue weighted by molar-refractivity contribution is -0.217. The number of ether oxygens (including phenoxy) is 2. The van der Waals surface area contributed by atoms with E-state index in [0.717, 1.165) is 10.5 Å². The lowest BCUT2D eigenvalue weighted by Crippen LogP contribution is -2.52. The number of halogens is 1. The van der Waals surface area contributed by atoms with Gasteiger partial charge in [-0.25, -0.2) is 9.69 Å². The van der Waals surface area contributed by atoms with Crippen molar-refractivity contribution in [2.75, 3.05) is 13.2 Å². The molecule has 0 aliphatic carbocycles. The molecule has 0 aromatic heterocycles. The maximum absolute atomic E-state index is 13.2. The van der Waals surface area contributed by atoms with Crippen LogP contribution in [0.15, 0.2) is 40.9 Å². The van der Waals surface area contributed by atoms with Crippen molar-refractivity contribution in [1.29, 1.82) is 0 Å². The second-order valence-electron chi connectivity index (χ2n) is 7.82. The standard InChI is InChI=1S/C22H26BrNO7/c1-14(19-17(26)12-18(23)22(29,31-19)9-5-6-10-25)20(27)24-16(13-30-21(24)28)11-15-7-3-2-4-8-15/h2-4,7-8,12,14,16,19,25,29H,5-6,9-11,13H2,1H3/t14-,16-,19+,22+/m0/s1. The fourth-order valence-corrected chi connectivity index (χ4v) is 4.28. The van der Waals surface area contributed by atoms with Crippen molar-refractivity contribution in [1.82, 2.24) is 4.90 Å². The van der Waals surface area contributed by atoms with Gasteiger partial charge in [-0.3, -0.25) is 9.59 Å². The number of aliphatic hydroxyl groups excluding tert-OH is 1. The van der Waals surface area contributed by atoms with Gasteiger partial charge in [-0.05, 0) is 46.8 Å². The first kappa shape index (κ1) is 23.6. The van der Waals surface area contributed by atoms with E-state index in [1.54, 1.807) is 0 Å². The summed E-state index contributed by atoms with van der Waals surface area (Å²) in [4.78, 5) is 39.1. The van der Waals surface area contributed by atoms with Crippen LogP contribution in [0.2, 0.25) is 0 Å². The van der Waals surface area contributed by atoms with Crippen LogP contribution >= 0.6 is 15.9 Å². The first-order chi connectivity index (χ1) is 14.8. The Bertz CT molecular complexity index is 859. The molecule has 3 rings (SSSR count). The molecule has 0 spiro atoms. The van der Waals surface area contributed by atoms with E-state index in [0.29, 0.717) is 19.3 Å². The molecule has 1 fully saturated rings. The number of carbonyl (C=O) groups excluding carboxylic acids is 3. The van der Waals surface area contributed by atoms with Gasteiger partial charge >= 0.3 is 6.09 Å². The Morgan fingerprint density at radius 1 is 1.29 bits per heavy atom. The third-order valence-electron chi connectivity index (χ3n) is 5.52. The second-order valence-corrected chi connectivity index (χ2v) is 8.67. The van der Waals surface area contributed by atoms with E-state index in [-0.39, 0.29) is 24.1 Å². The fourth-order valence-electron chi connectivity index (χ4n) is 3.76. The van der Waals surface area contributed by atoms with Crippen LogP contribution in [0.4, 0.5) is 4.79 Å². The summed E-state index contributed by atoms with van der Waals surface area (Å²) < 4.78 is 11.0. The summed E-state index contributed by atoms with van der Waals surface area (Å²) in [5.74, 6) is -3.87. The molecule has 1 aromatic rings. The molecule has 8 nitrogen and oxygen atoms in total. The van der Waals surface area contributed by atoms with Crippen molar-refractivity contribution < 1.29 is 34.1 Å². The van der Waals surface area contributed by atoms with Gasteiger partial charge in [0.15, 0.2) is 11.6 Å². The normalized spacial score (nSPS) is 27.1. The van der Waals surface area contributed by atoms with Crippen LogP contribution in [0.25, 0.3) is 0 Å². The zero-order valence-electron chi connectivity index (χ0n) is 17.2. The third-order valence-corrected chi connectivity index (χ3v) is 6.37. The topological polar surface area (TPSA) is 113 Å². The third kappa shape index (κ3) is 5.23. The monoisotopic (exact) mass is 495 g/mol. The summed E-state index contributed by atoms with van der Waals surface area (Å²) in [6.45, 7) is 1.54. The van der Waals surface area contributed by atoms with Crippen molar-refractivity contribution >= 4 is 33.7 Å². The molecule has 168 valence electrons. The number of hydrogen-bond donors (Lipinski definition) is 2. The van der Waals surface area contributed by atoms with Crippen LogP contribution < -0.4 is 0 Å². The number of hydrogen-bond acceptors (Lipinski definition) is 7. The molecule has 0 saturated carbocycles. The van der Waals surface area contributed by atoms with E-state index in [1.807, 2.05) is 30.3 Å². The highest BCUT2D eigenvalue weighted by molar-refractivity contribution is 9.11. The maximum atomic E-state index is 13.2. The number of cyclic esters (lactones) is 1. The van der Waals surface area contributed by atoms with Crippen molar-refractivity contribution in [3.05, 3.63) is 46.5 Å². The number of carbonyl (C=O) groups is 3. The average Bonchev–Trinajstić information content (AvgIpc) is 3.11. The number of aliphatic hydroxyl groups is 2. The summed E-state index contributed by atoms with van der Waals surface area (Å²) >= 11 is 3.17. The predicted octanol–water partition coefficient (Wildman–Crippen LogP) is 2.31. The Balaban J connectivity index is 1.75. The number of unbranched alkanes of at least 4 members (excludes halogenated alkanes) is 1. The summed E-state index contributed by atoms with van der Waals surface area (Å²) in [6.07, 6.45) is 0.686. The SMILES string of the molecule is C[C@H](C(=O)N1C(=O)OC[C@@H]1Cc1ccccc1)[C@H]1O[C@](O)(CCCCO)C(Br)=CC1=O. The van der Waals surface area contributed by atoms with Gasteiger partial charge in [-0.15, -0.1) is 0 Å². The number of imide groups is 1. The minimum atomic E-state index is -1.78. The number of amides is 2. The fraction of sp³-hybridized carbons (Fsp3) is 0.500. The number of benzene rings is 1. The Morgan fingerprint density at radius 2 is 2.00 bits per heavy atom. The summed E-state index contributed by atoms with van der Waals surface area (Å²) in [5.41, 5.74) is 0.950.